The Morgan fingerprint density at radius 1 is 0.944 bits per heavy atom. The van der Waals surface area contributed by atoms with Gasteiger partial charge in [0.05, 0.1) is 6.04 Å². The third-order valence-corrected chi connectivity index (χ3v) is 11.2. The maximum atomic E-state index is 14.0. The van der Waals surface area contributed by atoms with E-state index in [4.69, 9.17) is 11.5 Å². The number of nitrogens with two attached hydrogens (primary N) is 2. The van der Waals surface area contributed by atoms with E-state index in [1.807, 2.05) is 74.2 Å². The summed E-state index contributed by atoms with van der Waals surface area (Å²) in [6, 6.07) is 5.69. The van der Waals surface area contributed by atoms with Crippen LogP contribution in [0.25, 0.3) is 0 Å². The lowest BCUT2D eigenvalue weighted by Crippen LogP contribution is -2.59. The second-order valence-electron chi connectivity index (χ2n) is 16.2. The van der Waals surface area contributed by atoms with Gasteiger partial charge in [-0.05, 0) is 99.1 Å². The molecule has 1 aromatic rings. The molecule has 0 radical (unpaired) electrons. The Balaban J connectivity index is 1.44. The lowest BCUT2D eigenvalue weighted by molar-refractivity contribution is -0.143. The number of nitrogens with zero attached hydrogens (tertiary/aromatic N) is 1. The van der Waals surface area contributed by atoms with E-state index in [9.17, 15) is 24.0 Å². The number of hydrogen-bond acceptors (Lipinski definition) is 7. The van der Waals surface area contributed by atoms with Crippen molar-refractivity contribution < 1.29 is 24.0 Å². The number of likely N-dealkylation sites (tertiary alicyclic amines) is 1. The fraction of sp³-hybridized carbons (Fsp3) is 0.595. The topological polar surface area (TPSA) is 189 Å². The summed E-state index contributed by atoms with van der Waals surface area (Å²) in [7, 11) is 0. The molecule has 3 fully saturated rings. The van der Waals surface area contributed by atoms with Gasteiger partial charge in [0, 0.05) is 32.5 Å². The average Bonchev–Trinajstić information content (AvgIpc) is 3.52. The van der Waals surface area contributed by atoms with Gasteiger partial charge < -0.3 is 37.6 Å². The van der Waals surface area contributed by atoms with Crippen molar-refractivity contribution >= 4 is 29.5 Å². The highest BCUT2D eigenvalue weighted by atomic mass is 16.2. The molecule has 5 amide bonds. The van der Waals surface area contributed by atoms with Crippen molar-refractivity contribution in [1.82, 2.24) is 26.2 Å². The molecule has 12 nitrogen and oxygen atoms in total. The van der Waals surface area contributed by atoms with Gasteiger partial charge in [0.15, 0.2) is 0 Å². The number of benzene rings is 1. The van der Waals surface area contributed by atoms with Crippen molar-refractivity contribution in [2.24, 2.45) is 28.2 Å². The van der Waals surface area contributed by atoms with E-state index in [-0.39, 0.29) is 41.4 Å². The molecule has 1 aliphatic carbocycles. The highest BCUT2D eigenvalue weighted by Crippen LogP contribution is 2.62. The number of rotatable bonds is 19. The zero-order valence-corrected chi connectivity index (χ0v) is 32.5. The third-order valence-electron chi connectivity index (χ3n) is 11.2. The van der Waals surface area contributed by atoms with Gasteiger partial charge in [0.1, 0.15) is 18.1 Å². The van der Waals surface area contributed by atoms with Gasteiger partial charge in [-0.15, -0.1) is 0 Å². The van der Waals surface area contributed by atoms with Crippen LogP contribution in [-0.4, -0.2) is 84.8 Å². The van der Waals surface area contributed by atoms with Crippen molar-refractivity contribution in [3.05, 3.63) is 72.4 Å². The van der Waals surface area contributed by atoms with Crippen LogP contribution in [0.2, 0.25) is 0 Å². The van der Waals surface area contributed by atoms with Crippen LogP contribution >= 0.6 is 0 Å². The molecule has 2 saturated heterocycles. The Bertz CT molecular complexity index is 1520. The van der Waals surface area contributed by atoms with E-state index in [1.165, 1.54) is 0 Å². The Morgan fingerprint density at radius 2 is 1.59 bits per heavy atom. The zero-order chi connectivity index (χ0) is 39.3. The molecule has 12 heteroatoms. The van der Waals surface area contributed by atoms with Crippen LogP contribution < -0.4 is 32.7 Å². The third kappa shape index (κ3) is 11.9. The predicted octanol–water partition coefficient (Wildman–Crippen LogP) is 3.17. The molecule has 2 spiro atoms. The van der Waals surface area contributed by atoms with Crippen LogP contribution in [0.15, 0.2) is 66.8 Å². The first-order chi connectivity index (χ1) is 25.8. The molecular weight excluding hydrogens is 683 g/mol. The van der Waals surface area contributed by atoms with Crippen molar-refractivity contribution in [2.75, 3.05) is 26.2 Å². The minimum atomic E-state index is -1.01. The number of carbonyl (C=O) groups is 5. The van der Waals surface area contributed by atoms with Gasteiger partial charge in [-0.2, -0.15) is 0 Å². The van der Waals surface area contributed by atoms with Gasteiger partial charge in [0.25, 0.3) is 0 Å². The Kier molecular flexibility index (Phi) is 15.6. The normalized spacial score (nSPS) is 19.9. The van der Waals surface area contributed by atoms with E-state index < -0.39 is 41.9 Å². The monoisotopic (exact) mass is 745 g/mol. The average molecular weight is 746 g/mol. The number of nitrogens with one attached hydrogen (secondary N) is 4. The van der Waals surface area contributed by atoms with Crippen LogP contribution in [0.4, 0.5) is 0 Å². The van der Waals surface area contributed by atoms with Crippen molar-refractivity contribution in [3.8, 4) is 0 Å². The van der Waals surface area contributed by atoms with E-state index >= 15 is 0 Å². The summed E-state index contributed by atoms with van der Waals surface area (Å²) in [6.45, 7) is 12.1. The first-order valence-electron chi connectivity index (χ1n) is 19.7. The second kappa shape index (κ2) is 19.9. The summed E-state index contributed by atoms with van der Waals surface area (Å²) in [4.78, 5) is 69.2. The summed E-state index contributed by atoms with van der Waals surface area (Å²) >= 11 is 0. The van der Waals surface area contributed by atoms with Gasteiger partial charge in [-0.3, -0.25) is 24.0 Å². The number of allylic oxidation sites excluding steroid dienone is 4. The number of unbranched alkanes of at least 4 members (excludes halogenated alkanes) is 1. The maximum Gasteiger partial charge on any atom is 0.245 e. The Morgan fingerprint density at radius 3 is 2.19 bits per heavy atom. The SMILES string of the molecule is C=C/C(=C\C=C/C)C[C@@H](N)C(=O)N[C@H](Cc1ccccc1)C(=O)N[C@H](CC(C)C)C(=O)N[C@H](CCCCN)C(=O)N1CCC2(CC1)CC1(CNC(=O)C1)C2. The Hall–Kier alpha value is -4.29. The molecule has 4 atom stereocenters. The van der Waals surface area contributed by atoms with E-state index in [0.717, 1.165) is 43.4 Å². The van der Waals surface area contributed by atoms with Crippen molar-refractivity contribution in [3.63, 3.8) is 0 Å². The van der Waals surface area contributed by atoms with Crippen molar-refractivity contribution in [2.45, 2.75) is 116 Å². The van der Waals surface area contributed by atoms with E-state index in [1.54, 1.807) is 6.08 Å². The zero-order valence-electron chi connectivity index (χ0n) is 32.5. The lowest BCUT2D eigenvalue weighted by Gasteiger charge is -2.57. The molecule has 54 heavy (non-hydrogen) atoms. The molecule has 0 aromatic heterocycles. The molecule has 1 aromatic carbocycles. The summed E-state index contributed by atoms with van der Waals surface area (Å²) in [6.07, 6.45) is 14.1. The minimum absolute atomic E-state index is 0.0405. The van der Waals surface area contributed by atoms with Gasteiger partial charge in [0.2, 0.25) is 29.5 Å². The Labute approximate surface area is 321 Å². The molecule has 0 unspecified atom stereocenters. The highest BCUT2D eigenvalue weighted by molar-refractivity contribution is 5.95. The smallest absolute Gasteiger partial charge is 0.245 e. The molecule has 0 bridgehead atoms. The first kappa shape index (κ1) is 42.5. The number of amides is 5. The van der Waals surface area contributed by atoms with E-state index in [0.29, 0.717) is 51.7 Å². The van der Waals surface area contributed by atoms with Crippen LogP contribution in [0.5, 0.6) is 0 Å². The van der Waals surface area contributed by atoms with E-state index in [2.05, 4.69) is 27.8 Å². The molecule has 1 saturated carbocycles. The summed E-state index contributed by atoms with van der Waals surface area (Å²) < 4.78 is 0. The summed E-state index contributed by atoms with van der Waals surface area (Å²) in [5.74, 6) is -1.41. The van der Waals surface area contributed by atoms with Crippen LogP contribution in [-0.2, 0) is 30.4 Å². The summed E-state index contributed by atoms with van der Waals surface area (Å²) in [5, 5.41) is 11.8. The fourth-order valence-corrected chi connectivity index (χ4v) is 8.44. The van der Waals surface area contributed by atoms with Crippen LogP contribution in [0.3, 0.4) is 0 Å². The van der Waals surface area contributed by atoms with Gasteiger partial charge in [-0.25, -0.2) is 0 Å². The lowest BCUT2D eigenvalue weighted by atomic mass is 9.49. The summed E-state index contributed by atoms with van der Waals surface area (Å²) in [5.41, 5.74) is 13.9. The largest absolute Gasteiger partial charge is 0.356 e. The highest BCUT2D eigenvalue weighted by Gasteiger charge is 2.57. The molecule has 3 aliphatic rings. The number of piperidine rings is 1. The fourth-order valence-electron chi connectivity index (χ4n) is 8.44. The molecular formula is C42H63N7O5. The molecule has 4 rings (SSSR count). The van der Waals surface area contributed by atoms with Crippen molar-refractivity contribution in [1.29, 1.82) is 0 Å². The van der Waals surface area contributed by atoms with Gasteiger partial charge in [-0.1, -0.05) is 75.1 Å². The molecule has 296 valence electrons. The molecule has 8 N–H and O–H groups in total. The number of carbonyl (C=O) groups excluding carboxylic acids is 5. The van der Waals surface area contributed by atoms with Crippen LogP contribution in [0, 0.1) is 16.7 Å². The maximum absolute atomic E-state index is 14.0. The van der Waals surface area contributed by atoms with Gasteiger partial charge >= 0.3 is 0 Å². The molecule has 2 heterocycles. The minimum Gasteiger partial charge on any atom is -0.356 e. The second-order valence-corrected chi connectivity index (χ2v) is 16.2. The molecule has 2 aliphatic heterocycles. The quantitative estimate of drug-likeness (QED) is 0.0927. The number of hydrogen-bond donors (Lipinski definition) is 6. The standard InChI is InChI=1S/C42H63N7O5/c1-5-7-13-30(6-2)23-32(44)37(51)47-35(24-31-14-9-8-10-15-31)39(53)48-34(22-29(3)4)38(52)46-33(16-11-12-19-43)40(54)49-20-17-41(18-21-49)26-42(27-41)25-36(50)45-28-42/h5-10,13-15,29,32-35H,2,11-12,16-28,43-44H2,1,3-4H3,(H,45,50)(H,46,52)(H,47,51)(H,48,53)/b7-5-,30-13+/t32-,33-,34-,35-/m1/s1. The predicted molar refractivity (Wildman–Crippen MR) is 212 cm³/mol. The van der Waals surface area contributed by atoms with Crippen LogP contribution in [0.1, 0.15) is 90.5 Å². The first-order valence-corrected chi connectivity index (χ1v) is 19.7.